The van der Waals surface area contributed by atoms with Crippen molar-refractivity contribution >= 4 is 24.3 Å². The van der Waals surface area contributed by atoms with E-state index < -0.39 is 6.04 Å². The Labute approximate surface area is 115 Å². The van der Waals surface area contributed by atoms with E-state index in [0.717, 1.165) is 0 Å². The summed E-state index contributed by atoms with van der Waals surface area (Å²) in [5.74, 6) is -0.00731. The van der Waals surface area contributed by atoms with E-state index in [9.17, 15) is 4.79 Å². The van der Waals surface area contributed by atoms with Crippen molar-refractivity contribution in [2.75, 3.05) is 12.4 Å². The van der Waals surface area contributed by atoms with Crippen molar-refractivity contribution in [1.82, 2.24) is 5.32 Å². The first-order valence-corrected chi connectivity index (χ1v) is 5.42. The maximum atomic E-state index is 11.4. The normalized spacial score (nSPS) is 14.9. The molecule has 0 fully saturated rings. The first kappa shape index (κ1) is 18.3. The first-order valence-electron chi connectivity index (χ1n) is 4.78. The number of esters is 1. The summed E-state index contributed by atoms with van der Waals surface area (Å²) >= 11 is 4.05. The smallest absolute Gasteiger partial charge is 0.323 e. The van der Waals surface area contributed by atoms with E-state index in [0.29, 0.717) is 18.1 Å². The minimum absolute atomic E-state index is 0. The van der Waals surface area contributed by atoms with Crippen LogP contribution in [-0.2, 0) is 29.6 Å². The summed E-state index contributed by atoms with van der Waals surface area (Å²) in [7, 11) is 0. The molecule has 0 amide bonds. The predicted octanol–water partition coefficient (Wildman–Crippen LogP) is 0.674. The molecule has 0 heterocycles. The third-order valence-corrected chi connectivity index (χ3v) is 2.35. The third kappa shape index (κ3) is 6.47. The van der Waals surface area contributed by atoms with Crippen LogP contribution in [0.5, 0.6) is 0 Å². The van der Waals surface area contributed by atoms with Crippen LogP contribution in [0.3, 0.4) is 0 Å². The molecule has 2 N–H and O–H groups in total. The van der Waals surface area contributed by atoms with Gasteiger partial charge in [-0.2, -0.15) is 12.6 Å². The topological polar surface area (TPSA) is 70.9 Å². The number of carbonyl (C=O) groups excluding carboxylic acids is 1. The Bertz CT molecular complexity index is 239. The largest absolute Gasteiger partial charge is 0.465 e. The molecule has 0 bridgehead atoms. The molecule has 16 heavy (non-hydrogen) atoms. The van der Waals surface area contributed by atoms with Gasteiger partial charge in [0.05, 0.1) is 12.3 Å². The molecule has 0 saturated heterocycles. The van der Waals surface area contributed by atoms with Gasteiger partial charge in [0.25, 0.3) is 0 Å². The quantitative estimate of drug-likeness (QED) is 0.220. The zero-order valence-corrected chi connectivity index (χ0v) is 12.4. The number of carbonyl (C=O) groups is 1. The van der Waals surface area contributed by atoms with Crippen LogP contribution in [0.2, 0.25) is 0 Å². The molecule has 2 atom stereocenters. The number of oxime groups is 1. The minimum atomic E-state index is -0.486. The van der Waals surface area contributed by atoms with Crippen LogP contribution in [0.15, 0.2) is 5.16 Å². The SMILES string of the molecule is CCOC(=O)[C@@H](CS)NC(C)/C(C)=N\O.[99Tc]. The van der Waals surface area contributed by atoms with Gasteiger partial charge in [0.2, 0.25) is 0 Å². The average Bonchev–Trinajstić information content (AvgIpc) is 2.24. The average molecular weight is 333 g/mol. The van der Waals surface area contributed by atoms with Crippen LogP contribution in [0.4, 0.5) is 0 Å². The molecular weight excluding hydrogens is 315 g/mol. The molecule has 0 aromatic rings. The molecule has 0 spiro atoms. The van der Waals surface area contributed by atoms with Gasteiger partial charge in [0.15, 0.2) is 0 Å². The Morgan fingerprint density at radius 2 is 2.19 bits per heavy atom. The van der Waals surface area contributed by atoms with E-state index in [2.05, 4.69) is 23.1 Å². The molecule has 0 saturated carbocycles. The summed E-state index contributed by atoms with van der Waals surface area (Å²) in [4.78, 5) is 11.4. The van der Waals surface area contributed by atoms with Crippen molar-refractivity contribution in [1.29, 1.82) is 0 Å². The Morgan fingerprint density at radius 3 is 2.56 bits per heavy atom. The molecule has 0 aliphatic heterocycles. The van der Waals surface area contributed by atoms with Crippen molar-refractivity contribution < 1.29 is 34.8 Å². The van der Waals surface area contributed by atoms with E-state index in [-0.39, 0.29) is 32.1 Å². The maximum absolute atomic E-state index is 11.4. The number of hydrogen-bond donors (Lipinski definition) is 3. The number of rotatable bonds is 6. The van der Waals surface area contributed by atoms with Crippen LogP contribution < -0.4 is 5.32 Å². The molecule has 5 nitrogen and oxygen atoms in total. The van der Waals surface area contributed by atoms with Gasteiger partial charge in [0, 0.05) is 31.9 Å². The fourth-order valence-electron chi connectivity index (χ4n) is 0.947. The van der Waals surface area contributed by atoms with Gasteiger partial charge in [-0.25, -0.2) is 0 Å². The summed E-state index contributed by atoms with van der Waals surface area (Å²) in [5, 5.41) is 14.6. The van der Waals surface area contributed by atoms with E-state index in [1.165, 1.54) is 0 Å². The van der Waals surface area contributed by atoms with Crippen LogP contribution in [0, 0.1) is 0 Å². The summed E-state index contributed by atoms with van der Waals surface area (Å²) in [6.07, 6.45) is 0. The second-order valence-electron chi connectivity index (χ2n) is 3.12. The van der Waals surface area contributed by atoms with Crippen molar-refractivity contribution in [2.45, 2.75) is 32.9 Å². The van der Waals surface area contributed by atoms with E-state index >= 15 is 0 Å². The molecular formula is C9H18N2O3STc. The molecule has 1 unspecified atom stereocenters. The van der Waals surface area contributed by atoms with Crippen LogP contribution in [-0.4, -0.2) is 41.3 Å². The number of nitrogens with one attached hydrogen (secondary N) is 1. The second kappa shape index (κ2) is 10.1. The fraction of sp³-hybridized carbons (Fsp3) is 0.778. The Morgan fingerprint density at radius 1 is 1.62 bits per heavy atom. The van der Waals surface area contributed by atoms with Gasteiger partial charge >= 0.3 is 5.97 Å². The number of thiol groups is 1. The summed E-state index contributed by atoms with van der Waals surface area (Å²) < 4.78 is 4.86. The number of ether oxygens (including phenoxy) is 1. The molecule has 95 valence electrons. The predicted molar refractivity (Wildman–Crippen MR) is 61.8 cm³/mol. The first-order chi connectivity index (χ1) is 7.06. The van der Waals surface area contributed by atoms with E-state index in [1.54, 1.807) is 20.8 Å². The standard InChI is InChI=1S/C9H18N2O3S.Tc/c1-4-14-9(12)8(5-15)10-6(2)7(3)11-13;/h6,8,10,13,15H,4-5H2,1-3H3;/b11-7-;/t6?,8-;/m1./s1/i;1+1. The van der Waals surface area contributed by atoms with Gasteiger partial charge < -0.3 is 9.94 Å². The van der Waals surface area contributed by atoms with Crippen LogP contribution >= 0.6 is 12.6 Å². The molecule has 0 aliphatic carbocycles. The molecule has 0 aromatic heterocycles. The third-order valence-electron chi connectivity index (χ3n) is 1.99. The van der Waals surface area contributed by atoms with Gasteiger partial charge in [0.1, 0.15) is 6.04 Å². The number of hydrogen-bond acceptors (Lipinski definition) is 6. The van der Waals surface area contributed by atoms with Gasteiger partial charge in [-0.1, -0.05) is 5.16 Å². The van der Waals surface area contributed by atoms with Crippen molar-refractivity contribution in [3.63, 3.8) is 0 Å². The Hall–Kier alpha value is -0.101. The van der Waals surface area contributed by atoms with Gasteiger partial charge in [-0.3, -0.25) is 10.1 Å². The summed E-state index contributed by atoms with van der Waals surface area (Å²) in [6.45, 7) is 5.55. The summed E-state index contributed by atoms with van der Waals surface area (Å²) in [6, 6.07) is -0.684. The van der Waals surface area contributed by atoms with Crippen LogP contribution in [0.25, 0.3) is 0 Å². The molecule has 0 aliphatic rings. The number of nitrogens with zero attached hydrogens (tertiary/aromatic N) is 1. The molecule has 0 aromatic carbocycles. The van der Waals surface area contributed by atoms with Crippen molar-refractivity contribution in [3.8, 4) is 0 Å². The Balaban J connectivity index is 0. The van der Waals surface area contributed by atoms with E-state index in [4.69, 9.17) is 9.94 Å². The molecule has 1 radical (unpaired) electrons. The minimum Gasteiger partial charge on any atom is -0.465 e. The second-order valence-corrected chi connectivity index (χ2v) is 3.48. The monoisotopic (exact) mass is 333 g/mol. The van der Waals surface area contributed by atoms with E-state index in [1.807, 2.05) is 0 Å². The van der Waals surface area contributed by atoms with Crippen LogP contribution in [0.1, 0.15) is 20.8 Å². The van der Waals surface area contributed by atoms with Gasteiger partial charge in [-0.05, 0) is 20.8 Å². The molecule has 0 rings (SSSR count). The fourth-order valence-corrected chi connectivity index (χ4v) is 1.20. The van der Waals surface area contributed by atoms with Crippen molar-refractivity contribution in [3.05, 3.63) is 0 Å². The summed E-state index contributed by atoms with van der Waals surface area (Å²) in [5.41, 5.74) is 0.506. The van der Waals surface area contributed by atoms with Crippen molar-refractivity contribution in [2.24, 2.45) is 5.16 Å². The zero-order chi connectivity index (χ0) is 11.8. The zero-order valence-electron chi connectivity index (χ0n) is 9.61. The maximum Gasteiger partial charge on any atom is 0.323 e. The molecule has 7 heteroatoms. The Kier molecular flexibility index (Phi) is 11.5. The van der Waals surface area contributed by atoms with Gasteiger partial charge in [-0.15, -0.1) is 0 Å².